The highest BCUT2D eigenvalue weighted by atomic mass is 35.5. The van der Waals surface area contributed by atoms with Crippen molar-refractivity contribution in [2.24, 2.45) is 0 Å². The molecule has 1 fully saturated rings. The summed E-state index contributed by atoms with van der Waals surface area (Å²) in [5.74, 6) is 0.531. The second-order valence-corrected chi connectivity index (χ2v) is 3.66. The van der Waals surface area contributed by atoms with Crippen molar-refractivity contribution in [3.05, 3.63) is 11.2 Å². The smallest absolute Gasteiger partial charge is 0.141 e. The molecule has 2 rings (SSSR count). The zero-order valence-corrected chi connectivity index (χ0v) is 8.16. The molecular formula is C8H12ClN3O. The van der Waals surface area contributed by atoms with Crippen LogP contribution in [0.2, 0.25) is 5.02 Å². The molecule has 2 unspecified atom stereocenters. The minimum absolute atomic E-state index is 0.165. The van der Waals surface area contributed by atoms with Crippen molar-refractivity contribution < 1.29 is 4.74 Å². The van der Waals surface area contributed by atoms with E-state index >= 15 is 0 Å². The Morgan fingerprint density at radius 1 is 1.77 bits per heavy atom. The summed E-state index contributed by atoms with van der Waals surface area (Å²) in [6.45, 7) is 2.79. The third-order valence-corrected chi connectivity index (χ3v) is 2.73. The Morgan fingerprint density at radius 3 is 3.00 bits per heavy atom. The van der Waals surface area contributed by atoms with Gasteiger partial charge in [-0.3, -0.25) is 0 Å². The number of halogens is 1. The average Bonchev–Trinajstić information content (AvgIpc) is 2.62. The predicted molar refractivity (Wildman–Crippen MR) is 50.7 cm³/mol. The summed E-state index contributed by atoms with van der Waals surface area (Å²) in [6, 6.07) is 0.229. The van der Waals surface area contributed by atoms with E-state index in [-0.39, 0.29) is 12.1 Å². The van der Waals surface area contributed by atoms with Crippen molar-refractivity contribution in [3.8, 4) is 0 Å². The third kappa shape index (κ3) is 1.40. The number of rotatable bonds is 1. The molecule has 0 aromatic carbocycles. The molecule has 1 saturated heterocycles. The lowest BCUT2D eigenvalue weighted by molar-refractivity contribution is 0.105. The maximum absolute atomic E-state index is 5.81. The Morgan fingerprint density at radius 2 is 2.54 bits per heavy atom. The summed E-state index contributed by atoms with van der Waals surface area (Å²) < 4.78 is 7.17. The van der Waals surface area contributed by atoms with Crippen LogP contribution < -0.4 is 5.73 Å². The molecule has 5 heteroatoms. The highest BCUT2D eigenvalue weighted by Gasteiger charge is 2.28. The first-order chi connectivity index (χ1) is 6.20. The van der Waals surface area contributed by atoms with Crippen molar-refractivity contribution in [1.29, 1.82) is 0 Å². The number of hydrogen-bond donors (Lipinski definition) is 1. The van der Waals surface area contributed by atoms with Gasteiger partial charge in [0.15, 0.2) is 0 Å². The summed E-state index contributed by atoms with van der Waals surface area (Å²) in [5, 5.41) is 4.64. The monoisotopic (exact) mass is 201 g/mol. The fourth-order valence-electron chi connectivity index (χ4n) is 1.66. The summed E-state index contributed by atoms with van der Waals surface area (Å²) in [6.07, 6.45) is 2.68. The van der Waals surface area contributed by atoms with Crippen LogP contribution in [0.3, 0.4) is 0 Å². The van der Waals surface area contributed by atoms with Gasteiger partial charge in [0.05, 0.1) is 18.3 Å². The van der Waals surface area contributed by atoms with E-state index in [0.29, 0.717) is 10.8 Å². The Hall–Kier alpha value is -0.740. The normalized spacial score (nSPS) is 28.2. The molecule has 1 aliphatic rings. The number of aromatic nitrogens is 2. The SMILES string of the molecule is CC1OCCC1n1ncc(Cl)c1N. The van der Waals surface area contributed by atoms with Crippen LogP contribution in [-0.4, -0.2) is 22.5 Å². The van der Waals surface area contributed by atoms with E-state index in [0.717, 1.165) is 13.0 Å². The van der Waals surface area contributed by atoms with Crippen LogP contribution >= 0.6 is 11.6 Å². The topological polar surface area (TPSA) is 53.1 Å². The van der Waals surface area contributed by atoms with Crippen LogP contribution in [0.25, 0.3) is 0 Å². The second kappa shape index (κ2) is 3.20. The number of ether oxygens (including phenoxy) is 1. The zero-order chi connectivity index (χ0) is 9.42. The van der Waals surface area contributed by atoms with Gasteiger partial charge < -0.3 is 10.5 Å². The Labute approximate surface area is 81.6 Å². The van der Waals surface area contributed by atoms with Gasteiger partial charge >= 0.3 is 0 Å². The van der Waals surface area contributed by atoms with Crippen molar-refractivity contribution in [2.45, 2.75) is 25.5 Å². The van der Waals surface area contributed by atoms with E-state index in [4.69, 9.17) is 22.1 Å². The van der Waals surface area contributed by atoms with Gasteiger partial charge in [-0.15, -0.1) is 0 Å². The Bertz CT molecular complexity index is 312. The maximum atomic E-state index is 5.81. The minimum atomic E-state index is 0.165. The number of hydrogen-bond acceptors (Lipinski definition) is 3. The summed E-state index contributed by atoms with van der Waals surface area (Å²) in [4.78, 5) is 0. The van der Waals surface area contributed by atoms with E-state index in [9.17, 15) is 0 Å². The van der Waals surface area contributed by atoms with Crippen LogP contribution in [0.1, 0.15) is 19.4 Å². The molecule has 13 heavy (non-hydrogen) atoms. The molecule has 0 aliphatic carbocycles. The van der Waals surface area contributed by atoms with Gasteiger partial charge in [-0.2, -0.15) is 5.10 Å². The standard InChI is InChI=1S/C8H12ClN3O/c1-5-7(2-3-13-5)12-8(10)6(9)4-11-12/h4-5,7H,2-3,10H2,1H3. The van der Waals surface area contributed by atoms with E-state index < -0.39 is 0 Å². The molecule has 2 N–H and O–H groups in total. The largest absolute Gasteiger partial charge is 0.383 e. The van der Waals surface area contributed by atoms with Gasteiger partial charge in [-0.1, -0.05) is 11.6 Å². The van der Waals surface area contributed by atoms with Crippen LogP contribution in [0.5, 0.6) is 0 Å². The van der Waals surface area contributed by atoms with E-state index in [1.807, 2.05) is 6.92 Å². The fraction of sp³-hybridized carbons (Fsp3) is 0.625. The Balaban J connectivity index is 2.29. The molecule has 0 spiro atoms. The van der Waals surface area contributed by atoms with Crippen LogP contribution in [0, 0.1) is 0 Å². The lowest BCUT2D eigenvalue weighted by Gasteiger charge is -2.15. The molecule has 2 atom stereocenters. The zero-order valence-electron chi connectivity index (χ0n) is 7.40. The van der Waals surface area contributed by atoms with Gasteiger partial charge in [0.2, 0.25) is 0 Å². The molecule has 2 heterocycles. The average molecular weight is 202 g/mol. The maximum Gasteiger partial charge on any atom is 0.141 e. The summed E-state index contributed by atoms with van der Waals surface area (Å²) in [5.41, 5.74) is 5.76. The molecular weight excluding hydrogens is 190 g/mol. The second-order valence-electron chi connectivity index (χ2n) is 3.25. The van der Waals surface area contributed by atoms with Crippen molar-refractivity contribution >= 4 is 17.4 Å². The molecule has 1 aromatic heterocycles. The lowest BCUT2D eigenvalue weighted by Crippen LogP contribution is -2.19. The molecule has 4 nitrogen and oxygen atoms in total. The van der Waals surface area contributed by atoms with Crippen LogP contribution in [0.15, 0.2) is 6.20 Å². The number of nitrogens with zero attached hydrogens (tertiary/aromatic N) is 2. The minimum Gasteiger partial charge on any atom is -0.383 e. The quantitative estimate of drug-likeness (QED) is 0.749. The van der Waals surface area contributed by atoms with Gasteiger partial charge in [0, 0.05) is 6.61 Å². The van der Waals surface area contributed by atoms with Gasteiger partial charge in [-0.05, 0) is 13.3 Å². The first kappa shape index (κ1) is 8.84. The number of anilines is 1. The molecule has 1 aromatic rings. The molecule has 1 aliphatic heterocycles. The first-order valence-corrected chi connectivity index (χ1v) is 4.68. The molecule has 0 bridgehead atoms. The molecule has 0 radical (unpaired) electrons. The van der Waals surface area contributed by atoms with Gasteiger partial charge in [-0.25, -0.2) is 4.68 Å². The van der Waals surface area contributed by atoms with Crippen LogP contribution in [0.4, 0.5) is 5.82 Å². The fourth-order valence-corrected chi connectivity index (χ4v) is 1.79. The lowest BCUT2D eigenvalue weighted by atomic mass is 10.2. The highest BCUT2D eigenvalue weighted by molar-refractivity contribution is 6.32. The molecule has 0 saturated carbocycles. The summed E-state index contributed by atoms with van der Waals surface area (Å²) >= 11 is 5.81. The van der Waals surface area contributed by atoms with E-state index in [2.05, 4.69) is 5.10 Å². The third-order valence-electron chi connectivity index (χ3n) is 2.44. The van der Waals surface area contributed by atoms with Crippen LogP contribution in [-0.2, 0) is 4.74 Å². The van der Waals surface area contributed by atoms with Crippen molar-refractivity contribution in [2.75, 3.05) is 12.3 Å². The molecule has 0 amide bonds. The van der Waals surface area contributed by atoms with Crippen molar-refractivity contribution in [1.82, 2.24) is 9.78 Å². The Kier molecular flexibility index (Phi) is 2.17. The van der Waals surface area contributed by atoms with Gasteiger partial charge in [0.1, 0.15) is 10.8 Å². The summed E-state index contributed by atoms with van der Waals surface area (Å²) in [7, 11) is 0. The number of nitrogen functional groups attached to an aromatic ring is 1. The predicted octanol–water partition coefficient (Wildman–Crippen LogP) is 1.47. The highest BCUT2D eigenvalue weighted by Crippen LogP contribution is 2.29. The first-order valence-electron chi connectivity index (χ1n) is 4.30. The molecule has 72 valence electrons. The van der Waals surface area contributed by atoms with E-state index in [1.54, 1.807) is 10.9 Å². The van der Waals surface area contributed by atoms with Gasteiger partial charge in [0.25, 0.3) is 0 Å². The van der Waals surface area contributed by atoms with Crippen molar-refractivity contribution in [3.63, 3.8) is 0 Å². The number of nitrogens with two attached hydrogens (primary N) is 1. The van der Waals surface area contributed by atoms with E-state index in [1.165, 1.54) is 0 Å².